The highest BCUT2D eigenvalue weighted by molar-refractivity contribution is 5.69. The molecule has 0 rings (SSSR count). The second-order valence-corrected chi connectivity index (χ2v) is 5.44. The summed E-state index contributed by atoms with van der Waals surface area (Å²) < 4.78 is 4.82. The minimum atomic E-state index is -0.962. The van der Waals surface area contributed by atoms with E-state index in [1.54, 1.807) is 0 Å². The van der Waals surface area contributed by atoms with Crippen LogP contribution in [-0.2, 0) is 9.53 Å². The van der Waals surface area contributed by atoms with Gasteiger partial charge in [0.1, 0.15) is 12.7 Å². The maximum atomic E-state index is 11.3. The van der Waals surface area contributed by atoms with Crippen molar-refractivity contribution in [3.8, 4) is 0 Å². The summed E-state index contributed by atoms with van der Waals surface area (Å²) in [6, 6.07) is 0. The summed E-state index contributed by atoms with van der Waals surface area (Å²) in [6.07, 6.45) is 14.3. The van der Waals surface area contributed by atoms with Crippen molar-refractivity contribution >= 4 is 5.97 Å². The molecule has 4 heteroatoms. The number of allylic oxidation sites excluding steroid dienone is 2. The smallest absolute Gasteiger partial charge is 0.305 e. The summed E-state index contributed by atoms with van der Waals surface area (Å²) in [7, 11) is 0. The molecule has 0 heterocycles. The monoisotopic (exact) mass is 300 g/mol. The zero-order chi connectivity index (χ0) is 15.8. The van der Waals surface area contributed by atoms with Crippen molar-refractivity contribution in [3.05, 3.63) is 12.2 Å². The Labute approximate surface area is 129 Å². The molecule has 0 radical (unpaired) electrons. The number of rotatable bonds is 14. The van der Waals surface area contributed by atoms with Crippen LogP contribution in [0.4, 0.5) is 0 Å². The van der Waals surface area contributed by atoms with E-state index in [9.17, 15) is 4.79 Å². The van der Waals surface area contributed by atoms with E-state index in [0.717, 1.165) is 25.7 Å². The zero-order valence-corrected chi connectivity index (χ0v) is 13.4. The number of unbranched alkanes of at least 4 members (excludes halogenated alkanes) is 7. The molecule has 0 aromatic carbocycles. The molecule has 0 saturated carbocycles. The van der Waals surface area contributed by atoms with Crippen LogP contribution in [-0.4, -0.2) is 35.5 Å². The Morgan fingerprint density at radius 1 is 1.05 bits per heavy atom. The lowest BCUT2D eigenvalue weighted by molar-refractivity contribution is -0.147. The zero-order valence-electron chi connectivity index (χ0n) is 13.4. The van der Waals surface area contributed by atoms with Crippen molar-refractivity contribution in [2.45, 2.75) is 77.2 Å². The van der Waals surface area contributed by atoms with Crippen LogP contribution in [0.25, 0.3) is 0 Å². The molecule has 21 heavy (non-hydrogen) atoms. The van der Waals surface area contributed by atoms with Crippen molar-refractivity contribution in [1.29, 1.82) is 0 Å². The third kappa shape index (κ3) is 15.3. The number of carbonyl (C=O) groups is 1. The van der Waals surface area contributed by atoms with Gasteiger partial charge in [-0.25, -0.2) is 0 Å². The molecule has 2 N–H and O–H groups in total. The third-order valence-electron chi connectivity index (χ3n) is 3.29. The van der Waals surface area contributed by atoms with Crippen LogP contribution >= 0.6 is 0 Å². The molecule has 1 atom stereocenters. The van der Waals surface area contributed by atoms with Crippen LogP contribution in [0, 0.1) is 0 Å². The van der Waals surface area contributed by atoms with Crippen molar-refractivity contribution in [1.82, 2.24) is 0 Å². The second kappa shape index (κ2) is 15.5. The number of hydrogen-bond acceptors (Lipinski definition) is 4. The summed E-state index contributed by atoms with van der Waals surface area (Å²) in [6.45, 7) is 1.73. The molecule has 0 aliphatic rings. The lowest BCUT2D eigenvalue weighted by atomic mass is 10.1. The van der Waals surface area contributed by atoms with Gasteiger partial charge in [-0.1, -0.05) is 44.8 Å². The molecule has 0 aromatic rings. The van der Waals surface area contributed by atoms with Gasteiger partial charge in [-0.3, -0.25) is 4.79 Å². The highest BCUT2D eigenvalue weighted by Gasteiger charge is 2.07. The van der Waals surface area contributed by atoms with Crippen molar-refractivity contribution in [3.63, 3.8) is 0 Å². The average molecular weight is 300 g/mol. The van der Waals surface area contributed by atoms with Gasteiger partial charge in [0, 0.05) is 6.42 Å². The fourth-order valence-electron chi connectivity index (χ4n) is 1.95. The standard InChI is InChI=1S/C17H32O4/c1-2-3-4-5-6-7-8-9-10-11-12-13-17(20)21-15-16(19)14-18/h7-8,16,18-19H,2-6,9-15H2,1H3/b8-7-/t16-/m1/s1. The second-order valence-electron chi connectivity index (χ2n) is 5.44. The number of hydrogen-bond donors (Lipinski definition) is 2. The predicted molar refractivity (Wildman–Crippen MR) is 85.0 cm³/mol. The van der Waals surface area contributed by atoms with Gasteiger partial charge in [-0.2, -0.15) is 0 Å². The molecule has 0 aliphatic carbocycles. The minimum absolute atomic E-state index is 0.115. The summed E-state index contributed by atoms with van der Waals surface area (Å²) in [5.74, 6) is -0.297. The molecule has 0 amide bonds. The van der Waals surface area contributed by atoms with Gasteiger partial charge in [0.25, 0.3) is 0 Å². The molecule has 0 bridgehead atoms. The SMILES string of the molecule is CCCCCC/C=C\CCCCCC(=O)OC[C@H](O)CO. The van der Waals surface area contributed by atoms with Gasteiger partial charge in [0.2, 0.25) is 0 Å². The van der Waals surface area contributed by atoms with Gasteiger partial charge in [0.05, 0.1) is 6.61 Å². The number of aliphatic hydroxyl groups excluding tert-OH is 2. The van der Waals surface area contributed by atoms with Crippen LogP contribution in [0.5, 0.6) is 0 Å². The first kappa shape index (κ1) is 20.1. The predicted octanol–water partition coefficient (Wildman–Crippen LogP) is 3.36. The normalized spacial score (nSPS) is 12.7. The Hall–Kier alpha value is -0.870. The minimum Gasteiger partial charge on any atom is -0.463 e. The summed E-state index contributed by atoms with van der Waals surface area (Å²) in [5.41, 5.74) is 0. The number of esters is 1. The molecular formula is C17H32O4. The number of ether oxygens (including phenoxy) is 1. The van der Waals surface area contributed by atoms with Crippen molar-refractivity contribution in [2.24, 2.45) is 0 Å². The van der Waals surface area contributed by atoms with Crippen LogP contribution < -0.4 is 0 Å². The van der Waals surface area contributed by atoms with E-state index < -0.39 is 6.10 Å². The molecular weight excluding hydrogens is 268 g/mol. The average Bonchev–Trinajstić information content (AvgIpc) is 2.50. The van der Waals surface area contributed by atoms with Gasteiger partial charge >= 0.3 is 5.97 Å². The molecule has 124 valence electrons. The highest BCUT2D eigenvalue weighted by Crippen LogP contribution is 2.07. The topological polar surface area (TPSA) is 66.8 Å². The van der Waals surface area contributed by atoms with Crippen LogP contribution in [0.15, 0.2) is 12.2 Å². The van der Waals surface area contributed by atoms with E-state index >= 15 is 0 Å². The van der Waals surface area contributed by atoms with E-state index in [2.05, 4.69) is 19.1 Å². The number of carbonyl (C=O) groups excluding carboxylic acids is 1. The Bertz CT molecular complexity index is 264. The van der Waals surface area contributed by atoms with Crippen molar-refractivity contribution < 1.29 is 19.7 Å². The van der Waals surface area contributed by atoms with E-state index in [-0.39, 0.29) is 19.2 Å². The van der Waals surface area contributed by atoms with Gasteiger partial charge in [-0.15, -0.1) is 0 Å². The lowest BCUT2D eigenvalue weighted by Gasteiger charge is -2.08. The fraction of sp³-hybridized carbons (Fsp3) is 0.824. The summed E-state index contributed by atoms with van der Waals surface area (Å²) in [5, 5.41) is 17.6. The Balaban J connectivity index is 3.27. The molecule has 0 spiro atoms. The van der Waals surface area contributed by atoms with Crippen LogP contribution in [0.1, 0.15) is 71.1 Å². The van der Waals surface area contributed by atoms with E-state index in [1.807, 2.05) is 0 Å². The maximum absolute atomic E-state index is 11.3. The molecule has 0 saturated heterocycles. The number of aliphatic hydroxyl groups is 2. The largest absolute Gasteiger partial charge is 0.463 e. The van der Waals surface area contributed by atoms with Crippen LogP contribution in [0.2, 0.25) is 0 Å². The molecule has 4 nitrogen and oxygen atoms in total. The van der Waals surface area contributed by atoms with Gasteiger partial charge in [-0.05, 0) is 32.1 Å². The lowest BCUT2D eigenvalue weighted by Crippen LogP contribution is -2.21. The quantitative estimate of drug-likeness (QED) is 0.293. The molecule has 0 unspecified atom stereocenters. The fourth-order valence-corrected chi connectivity index (χ4v) is 1.95. The first-order chi connectivity index (χ1) is 10.2. The summed E-state index contributed by atoms with van der Waals surface area (Å²) in [4.78, 5) is 11.3. The third-order valence-corrected chi connectivity index (χ3v) is 3.29. The van der Waals surface area contributed by atoms with E-state index in [1.165, 1.54) is 32.1 Å². The maximum Gasteiger partial charge on any atom is 0.305 e. The van der Waals surface area contributed by atoms with Gasteiger partial charge < -0.3 is 14.9 Å². The first-order valence-corrected chi connectivity index (χ1v) is 8.30. The molecule has 0 aliphatic heterocycles. The first-order valence-electron chi connectivity index (χ1n) is 8.30. The van der Waals surface area contributed by atoms with E-state index in [0.29, 0.717) is 6.42 Å². The van der Waals surface area contributed by atoms with Crippen molar-refractivity contribution in [2.75, 3.05) is 13.2 Å². The molecule has 0 aromatic heterocycles. The molecule has 0 fully saturated rings. The van der Waals surface area contributed by atoms with Gasteiger partial charge in [0.15, 0.2) is 0 Å². The Morgan fingerprint density at radius 3 is 2.24 bits per heavy atom. The Morgan fingerprint density at radius 2 is 1.67 bits per heavy atom. The Kier molecular flexibility index (Phi) is 14.9. The summed E-state index contributed by atoms with van der Waals surface area (Å²) >= 11 is 0. The highest BCUT2D eigenvalue weighted by atomic mass is 16.5. The van der Waals surface area contributed by atoms with E-state index in [4.69, 9.17) is 14.9 Å². The van der Waals surface area contributed by atoms with Crippen LogP contribution in [0.3, 0.4) is 0 Å².